The van der Waals surface area contributed by atoms with Crippen molar-refractivity contribution in [2.24, 2.45) is 11.3 Å². The predicted octanol–water partition coefficient (Wildman–Crippen LogP) is 2.90. The summed E-state index contributed by atoms with van der Waals surface area (Å²) in [5.74, 6) is 0.192. The van der Waals surface area contributed by atoms with Crippen molar-refractivity contribution in [1.29, 1.82) is 0 Å². The number of methoxy groups -OCH3 is 1. The van der Waals surface area contributed by atoms with Gasteiger partial charge in [-0.25, -0.2) is 4.79 Å². The van der Waals surface area contributed by atoms with E-state index in [1.807, 2.05) is 13.8 Å². The van der Waals surface area contributed by atoms with E-state index in [2.05, 4.69) is 0 Å². The molecule has 30 heavy (non-hydrogen) atoms. The molecule has 5 atom stereocenters. The normalized spacial score (nSPS) is 36.7. The fourth-order valence-corrected chi connectivity index (χ4v) is 6.51. The number of esters is 2. The van der Waals surface area contributed by atoms with Crippen LogP contribution < -0.4 is 0 Å². The zero-order chi connectivity index (χ0) is 21.4. The molecule has 1 fully saturated rings. The Morgan fingerprint density at radius 2 is 2.07 bits per heavy atom. The minimum absolute atomic E-state index is 0.0613. The summed E-state index contributed by atoms with van der Waals surface area (Å²) in [5, 5.41) is 0. The summed E-state index contributed by atoms with van der Waals surface area (Å²) in [6, 6.07) is 0. The van der Waals surface area contributed by atoms with Crippen molar-refractivity contribution in [2.75, 3.05) is 13.7 Å². The average molecular weight is 414 g/mol. The highest BCUT2D eigenvalue weighted by Crippen LogP contribution is 2.61. The third kappa shape index (κ3) is 2.32. The largest absolute Gasteiger partial charge is 0.468 e. The Hall–Kier alpha value is -2.41. The van der Waals surface area contributed by atoms with Crippen LogP contribution >= 0.6 is 0 Å². The van der Waals surface area contributed by atoms with E-state index in [0.29, 0.717) is 24.8 Å². The van der Waals surface area contributed by atoms with Gasteiger partial charge in [-0.3, -0.25) is 9.59 Å². The van der Waals surface area contributed by atoms with Gasteiger partial charge in [-0.15, -0.1) is 0 Å². The highest BCUT2D eigenvalue weighted by Gasteiger charge is 2.62. The van der Waals surface area contributed by atoms with Gasteiger partial charge in [-0.1, -0.05) is 12.5 Å². The lowest BCUT2D eigenvalue weighted by atomic mass is 9.54. The number of carbonyl (C=O) groups excluding carboxylic acids is 3. The molecule has 1 aromatic heterocycles. The summed E-state index contributed by atoms with van der Waals surface area (Å²) in [6.45, 7) is 5.60. The van der Waals surface area contributed by atoms with E-state index >= 15 is 0 Å². The fraction of sp³-hybridized carbons (Fsp3) is 0.609. The summed E-state index contributed by atoms with van der Waals surface area (Å²) in [5.41, 5.74) is 1.97. The molecule has 0 radical (unpaired) electrons. The summed E-state index contributed by atoms with van der Waals surface area (Å²) in [4.78, 5) is 37.5. The number of hydrogen-bond donors (Lipinski definition) is 0. The average Bonchev–Trinajstić information content (AvgIpc) is 3.22. The molecule has 7 heteroatoms. The van der Waals surface area contributed by atoms with E-state index in [-0.39, 0.29) is 18.3 Å². The highest BCUT2D eigenvalue weighted by atomic mass is 16.6. The van der Waals surface area contributed by atoms with Crippen LogP contribution in [0, 0.1) is 11.3 Å². The third-order valence-electron chi connectivity index (χ3n) is 7.80. The molecule has 0 N–H and O–H groups in total. The number of allylic oxidation sites excluding steroid dienone is 1. The van der Waals surface area contributed by atoms with Crippen molar-refractivity contribution in [2.45, 2.75) is 64.1 Å². The molecule has 0 amide bonds. The Bertz CT molecular complexity index is 1000. The molecule has 3 aliphatic carbocycles. The number of furan rings is 1. The molecule has 5 unspecified atom stereocenters. The second kappa shape index (κ2) is 6.30. The lowest BCUT2D eigenvalue weighted by Gasteiger charge is -2.52. The van der Waals surface area contributed by atoms with Crippen molar-refractivity contribution < 1.29 is 33.0 Å². The molecule has 1 aromatic rings. The van der Waals surface area contributed by atoms with E-state index in [4.69, 9.17) is 18.6 Å². The Kier molecular flexibility index (Phi) is 4.10. The van der Waals surface area contributed by atoms with Crippen molar-refractivity contribution in [3.63, 3.8) is 0 Å². The molecule has 0 saturated heterocycles. The van der Waals surface area contributed by atoms with E-state index in [0.717, 1.165) is 28.9 Å². The number of carbonyl (C=O) groups is 3. The van der Waals surface area contributed by atoms with E-state index in [1.165, 1.54) is 13.2 Å². The second-order valence-electron chi connectivity index (χ2n) is 9.35. The summed E-state index contributed by atoms with van der Waals surface area (Å²) in [7, 11) is 1.57. The number of cyclic esters (lactones) is 1. The molecular formula is C23H26O7. The molecule has 160 valence electrons. The Morgan fingerprint density at radius 3 is 2.77 bits per heavy atom. The number of rotatable bonds is 3. The highest BCUT2D eigenvalue weighted by molar-refractivity contribution is 5.94. The van der Waals surface area contributed by atoms with Gasteiger partial charge in [0.2, 0.25) is 0 Å². The molecule has 7 nitrogen and oxygen atoms in total. The smallest absolute Gasteiger partial charge is 0.342 e. The van der Waals surface area contributed by atoms with Gasteiger partial charge in [0.05, 0.1) is 12.0 Å². The topological polar surface area (TPSA) is 92.0 Å². The quantitative estimate of drug-likeness (QED) is 0.555. The van der Waals surface area contributed by atoms with Crippen LogP contribution in [0.1, 0.15) is 61.7 Å². The Labute approximate surface area is 174 Å². The van der Waals surface area contributed by atoms with Gasteiger partial charge < -0.3 is 18.6 Å². The minimum atomic E-state index is -0.748. The summed E-state index contributed by atoms with van der Waals surface area (Å²) >= 11 is 0. The number of Topliss-reactive ketones (excluding diaryl/α,β-unsaturated/α-hetero) is 1. The van der Waals surface area contributed by atoms with Gasteiger partial charge in [0.1, 0.15) is 35.6 Å². The van der Waals surface area contributed by atoms with E-state index in [1.54, 1.807) is 7.11 Å². The predicted molar refractivity (Wildman–Crippen MR) is 104 cm³/mol. The first-order valence-electron chi connectivity index (χ1n) is 10.5. The maximum atomic E-state index is 12.9. The van der Waals surface area contributed by atoms with Gasteiger partial charge in [0.25, 0.3) is 0 Å². The molecule has 4 aliphatic rings. The maximum Gasteiger partial charge on any atom is 0.342 e. The fourth-order valence-electron chi connectivity index (χ4n) is 6.51. The zero-order valence-corrected chi connectivity index (χ0v) is 17.7. The molecule has 0 spiro atoms. The van der Waals surface area contributed by atoms with Gasteiger partial charge in [-0.2, -0.15) is 0 Å². The van der Waals surface area contributed by atoms with Gasteiger partial charge in [0, 0.05) is 44.3 Å². The van der Waals surface area contributed by atoms with Crippen LogP contribution in [0.15, 0.2) is 21.8 Å². The Balaban J connectivity index is 1.77. The number of fused-ring (bicyclic) bond motifs is 3. The first-order chi connectivity index (χ1) is 14.2. The summed E-state index contributed by atoms with van der Waals surface area (Å²) in [6.07, 6.45) is 2.58. The Morgan fingerprint density at radius 1 is 1.30 bits per heavy atom. The molecule has 2 heterocycles. The van der Waals surface area contributed by atoms with Crippen LogP contribution in [0.25, 0.3) is 0 Å². The number of ketones is 1. The lowest BCUT2D eigenvalue weighted by Crippen LogP contribution is -2.56. The van der Waals surface area contributed by atoms with Crippen LogP contribution in [-0.2, 0) is 35.6 Å². The molecule has 1 saturated carbocycles. The van der Waals surface area contributed by atoms with Gasteiger partial charge in [0.15, 0.2) is 0 Å². The summed E-state index contributed by atoms with van der Waals surface area (Å²) < 4.78 is 22.9. The van der Waals surface area contributed by atoms with Crippen molar-refractivity contribution in [1.82, 2.24) is 0 Å². The van der Waals surface area contributed by atoms with Crippen LogP contribution in [0.4, 0.5) is 0 Å². The molecule has 5 rings (SSSR count). The SMILES string of the molecule is COCC1OC(=O)c2coc3c2C1(C)C1=C(C3)C2CCC(=O)C2(C)CC1OC(C)=O. The monoisotopic (exact) mass is 414 g/mol. The van der Waals surface area contributed by atoms with Crippen LogP contribution in [0.5, 0.6) is 0 Å². The molecule has 0 bridgehead atoms. The van der Waals surface area contributed by atoms with Crippen LogP contribution in [0.2, 0.25) is 0 Å². The lowest BCUT2D eigenvalue weighted by molar-refractivity contribution is -0.149. The van der Waals surface area contributed by atoms with Gasteiger partial charge >= 0.3 is 11.9 Å². The second-order valence-corrected chi connectivity index (χ2v) is 9.35. The van der Waals surface area contributed by atoms with Crippen molar-refractivity contribution >= 4 is 17.7 Å². The van der Waals surface area contributed by atoms with E-state index in [9.17, 15) is 14.4 Å². The zero-order valence-electron chi connectivity index (χ0n) is 17.7. The minimum Gasteiger partial charge on any atom is -0.468 e. The van der Waals surface area contributed by atoms with E-state index < -0.39 is 35.0 Å². The molecule has 0 aromatic carbocycles. The number of hydrogen-bond acceptors (Lipinski definition) is 7. The van der Waals surface area contributed by atoms with Gasteiger partial charge in [-0.05, 0) is 24.8 Å². The molecular weight excluding hydrogens is 388 g/mol. The first kappa shape index (κ1) is 19.5. The first-order valence-corrected chi connectivity index (χ1v) is 10.5. The van der Waals surface area contributed by atoms with Crippen LogP contribution in [0.3, 0.4) is 0 Å². The maximum absolute atomic E-state index is 12.9. The molecule has 1 aliphatic heterocycles. The van der Waals surface area contributed by atoms with Crippen molar-refractivity contribution in [3.8, 4) is 0 Å². The standard InChI is InChI=1S/C23H26O7/c1-11(24)29-16-8-22(2)14(5-6-17(22)25)12-7-15-20-13(9-28-15)21(26)30-18(10-27-4)23(20,3)19(12)16/h9,14,16,18H,5-8,10H2,1-4H3. The van der Waals surface area contributed by atoms with Crippen molar-refractivity contribution in [3.05, 3.63) is 34.3 Å². The van der Waals surface area contributed by atoms with Crippen LogP contribution in [-0.4, -0.2) is 43.6 Å². The third-order valence-corrected chi connectivity index (χ3v) is 7.80. The number of ether oxygens (including phenoxy) is 3.